The fourth-order valence-electron chi connectivity index (χ4n) is 1.64. The van der Waals surface area contributed by atoms with Crippen LogP contribution in [0.2, 0.25) is 0 Å². The summed E-state index contributed by atoms with van der Waals surface area (Å²) in [6, 6.07) is 0.359. The molecule has 0 saturated heterocycles. The van der Waals surface area contributed by atoms with E-state index in [1.807, 2.05) is 0 Å². The number of ether oxygens (including phenoxy) is 2. The molecule has 5 nitrogen and oxygen atoms in total. The Hall–Kier alpha value is -0.650. The van der Waals surface area contributed by atoms with Crippen molar-refractivity contribution in [2.75, 3.05) is 33.9 Å². The average molecular weight is 246 g/mol. The summed E-state index contributed by atoms with van der Waals surface area (Å²) in [6.45, 7) is 7.77. The highest BCUT2D eigenvalue weighted by atomic mass is 16.5. The van der Waals surface area contributed by atoms with E-state index in [9.17, 15) is 4.79 Å². The first kappa shape index (κ1) is 16.4. The molecule has 17 heavy (non-hydrogen) atoms. The molecule has 0 aliphatic carbocycles. The molecule has 0 aromatic heterocycles. The highest BCUT2D eigenvalue weighted by Gasteiger charge is 2.32. The van der Waals surface area contributed by atoms with Crippen molar-refractivity contribution in [3.8, 4) is 0 Å². The average Bonchev–Trinajstić information content (AvgIpc) is 2.32. The van der Waals surface area contributed by atoms with E-state index in [-0.39, 0.29) is 5.97 Å². The molecular formula is C12H26N2O3. The number of rotatable bonds is 8. The molecule has 2 unspecified atom stereocenters. The van der Waals surface area contributed by atoms with E-state index in [4.69, 9.17) is 15.2 Å². The lowest BCUT2D eigenvalue weighted by atomic mass is 10.0. The fourth-order valence-corrected chi connectivity index (χ4v) is 1.64. The van der Waals surface area contributed by atoms with E-state index >= 15 is 0 Å². The maximum Gasteiger partial charge on any atom is 0.326 e. The van der Waals surface area contributed by atoms with Crippen molar-refractivity contribution in [2.45, 2.75) is 38.8 Å². The molecule has 0 aliphatic rings. The smallest absolute Gasteiger partial charge is 0.326 e. The van der Waals surface area contributed by atoms with Gasteiger partial charge in [-0.1, -0.05) is 6.92 Å². The van der Waals surface area contributed by atoms with Gasteiger partial charge in [-0.3, -0.25) is 9.69 Å². The Morgan fingerprint density at radius 1 is 1.47 bits per heavy atom. The predicted octanol–water partition coefficient (Wildman–Crippen LogP) is 0.624. The highest BCUT2D eigenvalue weighted by Crippen LogP contribution is 2.10. The van der Waals surface area contributed by atoms with Crippen molar-refractivity contribution in [2.24, 2.45) is 5.73 Å². The van der Waals surface area contributed by atoms with E-state index in [0.717, 1.165) is 13.0 Å². The number of nitrogens with two attached hydrogens (primary N) is 1. The first-order valence-corrected chi connectivity index (χ1v) is 5.99. The zero-order valence-corrected chi connectivity index (χ0v) is 11.7. The van der Waals surface area contributed by atoms with Crippen molar-refractivity contribution >= 4 is 5.97 Å². The monoisotopic (exact) mass is 246 g/mol. The van der Waals surface area contributed by atoms with Crippen LogP contribution in [0.4, 0.5) is 0 Å². The molecule has 102 valence electrons. The van der Waals surface area contributed by atoms with Crippen LogP contribution in [0.15, 0.2) is 0 Å². The Kier molecular flexibility index (Phi) is 7.34. The van der Waals surface area contributed by atoms with Gasteiger partial charge in [-0.2, -0.15) is 0 Å². The lowest BCUT2D eigenvalue weighted by Crippen LogP contribution is -2.56. The minimum atomic E-state index is -0.980. The molecule has 2 N–H and O–H groups in total. The van der Waals surface area contributed by atoms with Crippen LogP contribution in [0.1, 0.15) is 27.2 Å². The van der Waals surface area contributed by atoms with E-state index in [0.29, 0.717) is 19.2 Å². The summed E-state index contributed by atoms with van der Waals surface area (Å²) >= 11 is 0. The van der Waals surface area contributed by atoms with Gasteiger partial charge in [0.25, 0.3) is 0 Å². The number of hydrogen-bond acceptors (Lipinski definition) is 5. The molecule has 0 bridgehead atoms. The quantitative estimate of drug-likeness (QED) is 0.636. The van der Waals surface area contributed by atoms with Crippen molar-refractivity contribution in [3.63, 3.8) is 0 Å². The summed E-state index contributed by atoms with van der Waals surface area (Å²) in [4.78, 5) is 13.7. The van der Waals surface area contributed by atoms with Crippen LogP contribution in [-0.2, 0) is 14.3 Å². The fraction of sp³-hybridized carbons (Fsp3) is 0.917. The van der Waals surface area contributed by atoms with E-state index < -0.39 is 5.54 Å². The molecule has 0 saturated carbocycles. The molecule has 0 radical (unpaired) electrons. The zero-order chi connectivity index (χ0) is 13.5. The van der Waals surface area contributed by atoms with Gasteiger partial charge in [0.1, 0.15) is 5.54 Å². The Bertz CT molecular complexity index is 232. The van der Waals surface area contributed by atoms with Crippen molar-refractivity contribution in [3.05, 3.63) is 0 Å². The maximum atomic E-state index is 11.5. The number of hydrogen-bond donors (Lipinski definition) is 1. The van der Waals surface area contributed by atoms with Gasteiger partial charge < -0.3 is 15.2 Å². The van der Waals surface area contributed by atoms with Crippen molar-refractivity contribution in [1.29, 1.82) is 0 Å². The van der Waals surface area contributed by atoms with E-state index in [1.54, 1.807) is 14.0 Å². The molecule has 0 heterocycles. The molecular weight excluding hydrogens is 220 g/mol. The second-order valence-corrected chi connectivity index (χ2v) is 4.63. The van der Waals surface area contributed by atoms with Crippen LogP contribution in [0.5, 0.6) is 0 Å². The molecule has 0 rings (SSSR count). The van der Waals surface area contributed by atoms with Gasteiger partial charge in [-0.05, 0) is 20.3 Å². The predicted molar refractivity (Wildman–Crippen MR) is 67.8 cm³/mol. The third-order valence-electron chi connectivity index (χ3n) is 2.98. The Morgan fingerprint density at radius 3 is 2.47 bits per heavy atom. The molecule has 5 heteroatoms. The summed E-state index contributed by atoms with van der Waals surface area (Å²) < 4.78 is 9.78. The molecule has 0 aliphatic heterocycles. The number of carbonyl (C=O) groups excluding carboxylic acids is 1. The number of esters is 1. The maximum absolute atomic E-state index is 11.5. The number of nitrogens with zero attached hydrogens (tertiary/aromatic N) is 1. The largest absolute Gasteiger partial charge is 0.468 e. The highest BCUT2D eigenvalue weighted by molar-refractivity contribution is 5.80. The summed E-state index contributed by atoms with van der Waals surface area (Å²) in [5, 5.41) is 0. The van der Waals surface area contributed by atoms with Crippen LogP contribution in [0.3, 0.4) is 0 Å². The first-order valence-electron chi connectivity index (χ1n) is 5.99. The molecule has 0 amide bonds. The molecule has 0 fully saturated rings. The Labute approximate surface area is 104 Å². The van der Waals surface area contributed by atoms with Crippen LogP contribution < -0.4 is 5.73 Å². The molecule has 0 spiro atoms. The SMILES string of the molecule is CCC(C)N(CCOC)CC(C)(N)C(=O)OC. The van der Waals surface area contributed by atoms with Gasteiger partial charge in [-0.15, -0.1) is 0 Å². The Balaban J connectivity index is 4.55. The molecule has 2 atom stereocenters. The van der Waals surface area contributed by atoms with Gasteiger partial charge in [0.15, 0.2) is 0 Å². The number of carbonyl (C=O) groups is 1. The van der Waals surface area contributed by atoms with Gasteiger partial charge in [0.2, 0.25) is 0 Å². The third kappa shape index (κ3) is 5.48. The van der Waals surface area contributed by atoms with Crippen molar-refractivity contribution in [1.82, 2.24) is 4.90 Å². The second-order valence-electron chi connectivity index (χ2n) is 4.63. The topological polar surface area (TPSA) is 64.8 Å². The molecule has 0 aromatic carbocycles. The third-order valence-corrected chi connectivity index (χ3v) is 2.98. The van der Waals surface area contributed by atoms with E-state index in [2.05, 4.69) is 18.7 Å². The van der Waals surface area contributed by atoms with Crippen LogP contribution in [0, 0.1) is 0 Å². The van der Waals surface area contributed by atoms with Crippen LogP contribution in [-0.4, -0.2) is 56.4 Å². The summed E-state index contributed by atoms with van der Waals surface area (Å²) in [5.74, 6) is -0.386. The van der Waals surface area contributed by atoms with Crippen LogP contribution in [0.25, 0.3) is 0 Å². The molecule has 0 aromatic rings. The minimum Gasteiger partial charge on any atom is -0.468 e. The summed E-state index contributed by atoms with van der Waals surface area (Å²) in [7, 11) is 3.02. The van der Waals surface area contributed by atoms with Gasteiger partial charge in [-0.25, -0.2) is 0 Å². The summed E-state index contributed by atoms with van der Waals surface area (Å²) in [5.41, 5.74) is 5.00. The normalized spacial score (nSPS) is 16.6. The second kappa shape index (κ2) is 7.63. The first-order chi connectivity index (χ1) is 7.88. The minimum absolute atomic E-state index is 0.359. The summed E-state index contributed by atoms with van der Waals surface area (Å²) in [6.07, 6.45) is 1.00. The lowest BCUT2D eigenvalue weighted by molar-refractivity contribution is -0.147. The lowest BCUT2D eigenvalue weighted by Gasteiger charge is -2.34. The van der Waals surface area contributed by atoms with Gasteiger partial charge >= 0.3 is 5.97 Å². The van der Waals surface area contributed by atoms with Crippen molar-refractivity contribution < 1.29 is 14.3 Å². The zero-order valence-electron chi connectivity index (χ0n) is 11.7. The van der Waals surface area contributed by atoms with Gasteiger partial charge in [0.05, 0.1) is 13.7 Å². The van der Waals surface area contributed by atoms with Crippen LogP contribution >= 0.6 is 0 Å². The number of methoxy groups -OCH3 is 2. The van der Waals surface area contributed by atoms with E-state index in [1.165, 1.54) is 7.11 Å². The Morgan fingerprint density at radius 2 is 2.06 bits per heavy atom. The van der Waals surface area contributed by atoms with Gasteiger partial charge in [0, 0.05) is 26.2 Å². The standard InChI is InChI=1S/C12H26N2O3/c1-6-10(2)14(7-8-16-4)9-12(3,13)11(15)17-5/h10H,6-9,13H2,1-5H3.